The van der Waals surface area contributed by atoms with Gasteiger partial charge in [-0.25, -0.2) is 9.78 Å². The van der Waals surface area contributed by atoms with Crippen LogP contribution in [0.5, 0.6) is 5.75 Å². The van der Waals surface area contributed by atoms with Crippen LogP contribution in [0.25, 0.3) is 11.2 Å². The lowest BCUT2D eigenvalue weighted by Gasteiger charge is -2.15. The van der Waals surface area contributed by atoms with Gasteiger partial charge in [-0.3, -0.25) is 18.7 Å². The van der Waals surface area contributed by atoms with Crippen LogP contribution in [0, 0.1) is 0 Å². The van der Waals surface area contributed by atoms with E-state index >= 15 is 0 Å². The lowest BCUT2D eigenvalue weighted by Crippen LogP contribution is -2.38. The number of aliphatic hydroxyl groups excluding tert-OH is 1. The molecule has 0 fully saturated rings. The Hall–Kier alpha value is -2.76. The molecule has 12 heteroatoms. The Balaban J connectivity index is 1.93. The van der Waals surface area contributed by atoms with E-state index in [4.69, 9.17) is 16.3 Å². The average Bonchev–Trinajstić information content (AvgIpc) is 3.12. The fourth-order valence-corrected chi connectivity index (χ4v) is 3.84. The quantitative estimate of drug-likeness (QED) is 0.381. The van der Waals surface area contributed by atoms with Crippen molar-refractivity contribution in [1.29, 1.82) is 0 Å². The fourth-order valence-electron chi connectivity index (χ4n) is 2.88. The first-order chi connectivity index (χ1) is 14.7. The van der Waals surface area contributed by atoms with Crippen molar-refractivity contribution < 1.29 is 19.4 Å². The molecule has 0 saturated heterocycles. The molecule has 0 saturated carbocycles. The number of aryl methyl sites for hydroxylation is 1. The number of hydrogen-bond acceptors (Lipinski definition) is 8. The van der Waals surface area contributed by atoms with Crippen molar-refractivity contribution in [3.8, 4) is 5.75 Å². The van der Waals surface area contributed by atoms with Crippen LogP contribution in [0.15, 0.2) is 39.0 Å². The lowest BCUT2D eigenvalue weighted by atomic mass is 10.3. The van der Waals surface area contributed by atoms with E-state index in [1.54, 1.807) is 24.3 Å². The number of carbonyl (C=O) groups is 1. The number of rotatable bonds is 8. The van der Waals surface area contributed by atoms with Gasteiger partial charge in [0.2, 0.25) is 0 Å². The Kier molecular flexibility index (Phi) is 7.08. The molecule has 3 rings (SSSR count). The number of hydrogen-bond donors (Lipinski definition) is 1. The van der Waals surface area contributed by atoms with E-state index in [0.29, 0.717) is 15.9 Å². The van der Waals surface area contributed by atoms with E-state index in [1.807, 2.05) is 0 Å². The van der Waals surface area contributed by atoms with Crippen LogP contribution in [0.2, 0.25) is 5.02 Å². The van der Waals surface area contributed by atoms with Gasteiger partial charge in [0.15, 0.2) is 16.3 Å². The number of methoxy groups -OCH3 is 1. The van der Waals surface area contributed by atoms with Crippen LogP contribution in [0.1, 0.15) is 0 Å². The highest BCUT2D eigenvalue weighted by molar-refractivity contribution is 7.99. The molecule has 0 radical (unpaired) electrons. The minimum atomic E-state index is -1.01. The summed E-state index contributed by atoms with van der Waals surface area (Å²) in [5.74, 6) is 0.000371. The standard InChI is InChI=1S/C19H21ClN4O6S/c1-22-16-15(17(27)23(2)19(22)28)24(18(21-16)31-10-14(26)29-3)8-12(25)9-30-13-6-4-11(20)5-7-13/h4-7,12,25H,8-10H2,1-3H3. The zero-order valence-corrected chi connectivity index (χ0v) is 18.6. The first kappa shape index (κ1) is 22.9. The smallest absolute Gasteiger partial charge is 0.332 e. The minimum Gasteiger partial charge on any atom is -0.491 e. The van der Waals surface area contributed by atoms with E-state index in [1.165, 1.54) is 30.3 Å². The van der Waals surface area contributed by atoms with E-state index in [0.717, 1.165) is 16.3 Å². The molecule has 2 heterocycles. The Labute approximate surface area is 186 Å². The fraction of sp³-hybridized carbons (Fsp3) is 0.368. The summed E-state index contributed by atoms with van der Waals surface area (Å²) in [5, 5.41) is 11.4. The van der Waals surface area contributed by atoms with Gasteiger partial charge in [-0.1, -0.05) is 23.4 Å². The summed E-state index contributed by atoms with van der Waals surface area (Å²) in [7, 11) is 4.13. The van der Waals surface area contributed by atoms with Crippen molar-refractivity contribution in [2.45, 2.75) is 17.8 Å². The molecular weight excluding hydrogens is 448 g/mol. The van der Waals surface area contributed by atoms with Gasteiger partial charge in [-0.15, -0.1) is 0 Å². The molecule has 0 aliphatic heterocycles. The third-order valence-corrected chi connectivity index (χ3v) is 5.71. The Morgan fingerprint density at radius 2 is 1.90 bits per heavy atom. The number of imidazole rings is 1. The predicted molar refractivity (Wildman–Crippen MR) is 116 cm³/mol. The normalized spacial score (nSPS) is 12.2. The Morgan fingerprint density at radius 1 is 1.23 bits per heavy atom. The number of thioether (sulfide) groups is 1. The molecule has 166 valence electrons. The van der Waals surface area contributed by atoms with E-state index in [9.17, 15) is 19.5 Å². The molecule has 10 nitrogen and oxygen atoms in total. The van der Waals surface area contributed by atoms with E-state index in [-0.39, 0.29) is 30.1 Å². The number of aliphatic hydroxyl groups is 1. The highest BCUT2D eigenvalue weighted by Gasteiger charge is 2.22. The summed E-state index contributed by atoms with van der Waals surface area (Å²) in [6, 6.07) is 6.67. The van der Waals surface area contributed by atoms with Crippen molar-refractivity contribution in [1.82, 2.24) is 18.7 Å². The number of nitrogens with zero attached hydrogens (tertiary/aromatic N) is 4. The van der Waals surface area contributed by atoms with Crippen molar-refractivity contribution in [2.24, 2.45) is 14.1 Å². The number of halogens is 1. The van der Waals surface area contributed by atoms with E-state index < -0.39 is 23.3 Å². The SMILES string of the molecule is COC(=O)CSc1nc2c(c(=O)n(C)c(=O)n2C)n1CC(O)COc1ccc(Cl)cc1. The van der Waals surface area contributed by atoms with Gasteiger partial charge >= 0.3 is 11.7 Å². The van der Waals surface area contributed by atoms with Gasteiger partial charge in [0, 0.05) is 19.1 Å². The van der Waals surface area contributed by atoms with Crippen molar-refractivity contribution in [3.63, 3.8) is 0 Å². The molecule has 0 aliphatic carbocycles. The summed E-state index contributed by atoms with van der Waals surface area (Å²) >= 11 is 6.89. The van der Waals surface area contributed by atoms with Crippen molar-refractivity contribution in [2.75, 3.05) is 19.5 Å². The van der Waals surface area contributed by atoms with Gasteiger partial charge < -0.3 is 19.1 Å². The molecule has 1 atom stereocenters. The summed E-state index contributed by atoms with van der Waals surface area (Å²) in [4.78, 5) is 41.0. The molecule has 0 aliphatic rings. The van der Waals surface area contributed by atoms with Crippen LogP contribution in [-0.4, -0.2) is 55.3 Å². The topological polar surface area (TPSA) is 118 Å². The molecule has 0 bridgehead atoms. The average molecular weight is 469 g/mol. The summed E-state index contributed by atoms with van der Waals surface area (Å²) in [6.07, 6.45) is -1.01. The number of esters is 1. The molecule has 31 heavy (non-hydrogen) atoms. The summed E-state index contributed by atoms with van der Waals surface area (Å²) < 4.78 is 13.9. The van der Waals surface area contributed by atoms with Crippen LogP contribution in [0.4, 0.5) is 0 Å². The summed E-state index contributed by atoms with van der Waals surface area (Å²) in [5.41, 5.74) is -0.784. The van der Waals surface area contributed by atoms with Crippen LogP contribution < -0.4 is 16.0 Å². The molecule has 1 N–H and O–H groups in total. The van der Waals surface area contributed by atoms with Crippen molar-refractivity contribution in [3.05, 3.63) is 50.1 Å². The van der Waals surface area contributed by atoms with Gasteiger partial charge in [-0.05, 0) is 24.3 Å². The van der Waals surface area contributed by atoms with Crippen LogP contribution in [-0.2, 0) is 30.2 Å². The maximum Gasteiger partial charge on any atom is 0.332 e. The monoisotopic (exact) mass is 468 g/mol. The van der Waals surface area contributed by atoms with Crippen LogP contribution >= 0.6 is 23.4 Å². The zero-order chi connectivity index (χ0) is 22.7. The number of benzene rings is 1. The molecule has 2 aromatic heterocycles. The Morgan fingerprint density at radius 3 is 2.55 bits per heavy atom. The number of aromatic nitrogens is 4. The first-order valence-electron chi connectivity index (χ1n) is 9.15. The largest absolute Gasteiger partial charge is 0.491 e. The predicted octanol–water partition coefficient (Wildman–Crippen LogP) is 0.792. The number of fused-ring (bicyclic) bond motifs is 1. The Bertz CT molecular complexity index is 1220. The van der Waals surface area contributed by atoms with Crippen molar-refractivity contribution >= 4 is 40.5 Å². The molecular formula is C19H21ClN4O6S. The zero-order valence-electron chi connectivity index (χ0n) is 17.1. The molecule has 1 unspecified atom stereocenters. The lowest BCUT2D eigenvalue weighted by molar-refractivity contribution is -0.137. The number of ether oxygens (including phenoxy) is 2. The highest BCUT2D eigenvalue weighted by Crippen LogP contribution is 2.22. The second-order valence-electron chi connectivity index (χ2n) is 6.67. The summed E-state index contributed by atoms with van der Waals surface area (Å²) in [6.45, 7) is -0.102. The highest BCUT2D eigenvalue weighted by atomic mass is 35.5. The van der Waals surface area contributed by atoms with Crippen LogP contribution in [0.3, 0.4) is 0 Å². The van der Waals surface area contributed by atoms with Gasteiger partial charge in [-0.2, -0.15) is 0 Å². The molecule has 0 amide bonds. The molecule has 3 aromatic rings. The third-order valence-electron chi connectivity index (χ3n) is 4.51. The number of carbonyl (C=O) groups excluding carboxylic acids is 1. The van der Waals surface area contributed by atoms with E-state index in [2.05, 4.69) is 9.72 Å². The molecule has 1 aromatic carbocycles. The first-order valence-corrected chi connectivity index (χ1v) is 10.5. The third kappa shape index (κ3) is 4.94. The van der Waals surface area contributed by atoms with Gasteiger partial charge in [0.1, 0.15) is 18.5 Å². The maximum atomic E-state index is 12.8. The minimum absolute atomic E-state index is 0.0406. The molecule has 0 spiro atoms. The van der Waals surface area contributed by atoms with Gasteiger partial charge in [0.05, 0.1) is 19.4 Å². The second kappa shape index (κ2) is 9.58. The van der Waals surface area contributed by atoms with Gasteiger partial charge in [0.25, 0.3) is 5.56 Å². The maximum absolute atomic E-state index is 12.8. The second-order valence-corrected chi connectivity index (χ2v) is 8.05.